The Balaban J connectivity index is 2.15. The third-order valence-electron chi connectivity index (χ3n) is 3.14. The molecule has 0 atom stereocenters. The van der Waals surface area contributed by atoms with E-state index in [1.54, 1.807) is 0 Å². The van der Waals surface area contributed by atoms with Crippen molar-refractivity contribution >= 4 is 5.91 Å². The number of benzene rings is 1. The van der Waals surface area contributed by atoms with E-state index in [0.29, 0.717) is 12.1 Å². The normalized spacial score (nSPS) is 16.2. The number of hydrogen-bond donors (Lipinski definition) is 1. The molecule has 1 saturated heterocycles. The molecule has 0 bridgehead atoms. The lowest BCUT2D eigenvalue weighted by molar-refractivity contribution is -0.143. The Labute approximate surface area is 126 Å². The van der Waals surface area contributed by atoms with Crippen LogP contribution in [-0.4, -0.2) is 41.7 Å². The van der Waals surface area contributed by atoms with Crippen molar-refractivity contribution in [1.29, 1.82) is 0 Å². The van der Waals surface area contributed by atoms with Crippen molar-refractivity contribution in [2.75, 3.05) is 19.7 Å². The van der Waals surface area contributed by atoms with Crippen LogP contribution in [0.5, 0.6) is 5.75 Å². The van der Waals surface area contributed by atoms with Gasteiger partial charge in [0.2, 0.25) is 0 Å². The van der Waals surface area contributed by atoms with Crippen molar-refractivity contribution in [2.45, 2.75) is 18.5 Å². The summed E-state index contributed by atoms with van der Waals surface area (Å²) in [5, 5.41) is 9.02. The molecule has 0 spiro atoms. The number of aliphatic hydroxyl groups is 1. The molecule has 1 aliphatic heterocycles. The molecule has 1 aromatic carbocycles. The van der Waals surface area contributed by atoms with Crippen molar-refractivity contribution in [3.8, 4) is 5.75 Å². The van der Waals surface area contributed by atoms with Crippen LogP contribution in [0.4, 0.5) is 26.3 Å². The van der Waals surface area contributed by atoms with Crippen molar-refractivity contribution < 1.29 is 41.0 Å². The first-order valence-electron chi connectivity index (χ1n) is 6.35. The smallest absolute Gasteiger partial charge is 0.416 e. The van der Waals surface area contributed by atoms with Crippen molar-refractivity contribution in [2.24, 2.45) is 0 Å². The molecule has 1 heterocycles. The minimum absolute atomic E-state index is 0.0273. The molecule has 10 heteroatoms. The summed E-state index contributed by atoms with van der Waals surface area (Å²) in [6.45, 7) is -0.609. The van der Waals surface area contributed by atoms with Crippen LogP contribution in [0.3, 0.4) is 0 Å². The predicted octanol–water partition coefficient (Wildman–Crippen LogP) is 2.31. The Hall–Kier alpha value is -1.97. The fraction of sp³-hybridized carbons (Fsp3) is 0.462. The van der Waals surface area contributed by atoms with Crippen molar-refractivity contribution in [3.05, 3.63) is 29.3 Å². The molecule has 0 aromatic heterocycles. The average molecular weight is 343 g/mol. The van der Waals surface area contributed by atoms with Gasteiger partial charge in [-0.3, -0.25) is 4.79 Å². The molecule has 23 heavy (non-hydrogen) atoms. The minimum Gasteiger partial charge on any atom is -0.484 e. The van der Waals surface area contributed by atoms with E-state index in [9.17, 15) is 31.1 Å². The molecule has 0 unspecified atom stereocenters. The third-order valence-corrected chi connectivity index (χ3v) is 3.14. The molecule has 4 nitrogen and oxygen atoms in total. The van der Waals surface area contributed by atoms with Gasteiger partial charge in [0.15, 0.2) is 6.61 Å². The lowest BCUT2D eigenvalue weighted by Crippen LogP contribution is -2.54. The molecule has 1 fully saturated rings. The molecule has 2 rings (SSSR count). The maximum atomic E-state index is 12.6. The zero-order chi connectivity index (χ0) is 17.4. The number of nitrogens with zero attached hydrogens (tertiary/aromatic N) is 1. The van der Waals surface area contributed by atoms with Gasteiger partial charge in [0.25, 0.3) is 5.91 Å². The maximum absolute atomic E-state index is 12.6. The Kier molecular flexibility index (Phi) is 4.47. The van der Waals surface area contributed by atoms with E-state index in [-0.39, 0.29) is 19.2 Å². The van der Waals surface area contributed by atoms with Crippen LogP contribution in [0.15, 0.2) is 18.2 Å². The van der Waals surface area contributed by atoms with Crippen LogP contribution in [0.2, 0.25) is 0 Å². The molecule has 0 saturated carbocycles. The molecule has 0 radical (unpaired) electrons. The van der Waals surface area contributed by atoms with E-state index in [2.05, 4.69) is 0 Å². The SMILES string of the molecule is O=C(COc1cc(C(F)(F)F)cc(C(F)(F)F)c1)N1CC(O)C1. The van der Waals surface area contributed by atoms with E-state index in [0.717, 1.165) is 0 Å². The third kappa shape index (κ3) is 4.27. The monoisotopic (exact) mass is 343 g/mol. The zero-order valence-electron chi connectivity index (χ0n) is 11.4. The van der Waals surface area contributed by atoms with Crippen molar-refractivity contribution in [3.63, 3.8) is 0 Å². The summed E-state index contributed by atoms with van der Waals surface area (Å²) in [7, 11) is 0. The van der Waals surface area contributed by atoms with E-state index < -0.39 is 47.8 Å². The van der Waals surface area contributed by atoms with Crippen LogP contribution in [0, 0.1) is 0 Å². The van der Waals surface area contributed by atoms with Crippen molar-refractivity contribution in [1.82, 2.24) is 4.90 Å². The molecule has 1 aliphatic rings. The number of aliphatic hydroxyl groups excluding tert-OH is 1. The second kappa shape index (κ2) is 5.91. The van der Waals surface area contributed by atoms with Gasteiger partial charge in [0.05, 0.1) is 17.2 Å². The highest BCUT2D eigenvalue weighted by Gasteiger charge is 2.37. The van der Waals surface area contributed by atoms with Gasteiger partial charge in [0, 0.05) is 13.1 Å². The van der Waals surface area contributed by atoms with E-state index in [1.807, 2.05) is 0 Å². The van der Waals surface area contributed by atoms with Gasteiger partial charge in [-0.15, -0.1) is 0 Å². The fourth-order valence-electron chi connectivity index (χ4n) is 1.91. The predicted molar refractivity (Wildman–Crippen MR) is 64.5 cm³/mol. The maximum Gasteiger partial charge on any atom is 0.416 e. The number of β-amino-alcohol motifs (C(OH)–C–C–N with tert-alkyl or cyclic N) is 1. The highest BCUT2D eigenvalue weighted by atomic mass is 19.4. The quantitative estimate of drug-likeness (QED) is 0.857. The Morgan fingerprint density at radius 1 is 1.09 bits per heavy atom. The first-order chi connectivity index (χ1) is 10.5. The number of carbonyl (C=O) groups is 1. The van der Waals surface area contributed by atoms with E-state index in [4.69, 9.17) is 9.84 Å². The molecule has 0 aliphatic carbocycles. The summed E-state index contributed by atoms with van der Waals surface area (Å²) >= 11 is 0. The van der Waals surface area contributed by atoms with Crippen LogP contribution in [0.25, 0.3) is 0 Å². The van der Waals surface area contributed by atoms with E-state index >= 15 is 0 Å². The van der Waals surface area contributed by atoms with Gasteiger partial charge < -0.3 is 14.7 Å². The summed E-state index contributed by atoms with van der Waals surface area (Å²) < 4.78 is 80.6. The largest absolute Gasteiger partial charge is 0.484 e. The topological polar surface area (TPSA) is 49.8 Å². The molecular weight excluding hydrogens is 332 g/mol. The number of hydrogen-bond acceptors (Lipinski definition) is 3. The fourth-order valence-corrected chi connectivity index (χ4v) is 1.91. The zero-order valence-corrected chi connectivity index (χ0v) is 11.4. The van der Waals surface area contributed by atoms with Gasteiger partial charge in [-0.05, 0) is 18.2 Å². The first-order valence-corrected chi connectivity index (χ1v) is 6.35. The van der Waals surface area contributed by atoms with Gasteiger partial charge >= 0.3 is 12.4 Å². The second-order valence-corrected chi connectivity index (χ2v) is 4.98. The summed E-state index contributed by atoms with van der Waals surface area (Å²) in [5.41, 5.74) is -3.04. The van der Waals surface area contributed by atoms with Crippen LogP contribution >= 0.6 is 0 Å². The minimum atomic E-state index is -4.98. The lowest BCUT2D eigenvalue weighted by Gasteiger charge is -2.35. The van der Waals surface area contributed by atoms with Gasteiger partial charge in [-0.25, -0.2) is 0 Å². The highest BCUT2D eigenvalue weighted by molar-refractivity contribution is 5.78. The Morgan fingerprint density at radius 3 is 1.96 bits per heavy atom. The van der Waals surface area contributed by atoms with Crippen LogP contribution in [0.1, 0.15) is 11.1 Å². The summed E-state index contributed by atoms with van der Waals surface area (Å²) in [5.74, 6) is -1.34. The second-order valence-electron chi connectivity index (χ2n) is 4.98. The number of likely N-dealkylation sites (tertiary alicyclic amines) is 1. The van der Waals surface area contributed by atoms with Gasteiger partial charge in [-0.1, -0.05) is 0 Å². The van der Waals surface area contributed by atoms with Crippen LogP contribution in [-0.2, 0) is 17.1 Å². The molecule has 1 aromatic rings. The van der Waals surface area contributed by atoms with Crippen LogP contribution < -0.4 is 4.74 Å². The molecule has 1 N–H and O–H groups in total. The average Bonchev–Trinajstić information content (AvgIpc) is 2.39. The number of carbonyl (C=O) groups excluding carboxylic acids is 1. The summed E-state index contributed by atoms with van der Waals surface area (Å²) in [4.78, 5) is 12.7. The number of ether oxygens (including phenoxy) is 1. The summed E-state index contributed by atoms with van der Waals surface area (Å²) in [6.07, 6.45) is -10.6. The molecule has 128 valence electrons. The van der Waals surface area contributed by atoms with E-state index in [1.165, 1.54) is 4.90 Å². The Bertz CT molecular complexity index is 560. The summed E-state index contributed by atoms with van der Waals surface area (Å²) in [6, 6.07) is 0.765. The highest BCUT2D eigenvalue weighted by Crippen LogP contribution is 2.38. The Morgan fingerprint density at radius 2 is 1.57 bits per heavy atom. The van der Waals surface area contributed by atoms with Gasteiger partial charge in [0.1, 0.15) is 5.75 Å². The van der Waals surface area contributed by atoms with Gasteiger partial charge in [-0.2, -0.15) is 26.3 Å². The number of alkyl halides is 6. The molecule has 1 amide bonds. The molecular formula is C13H11F6NO3. The standard InChI is InChI=1S/C13H11F6NO3/c14-12(15,16)7-1-8(13(17,18)19)3-10(2-7)23-6-11(22)20-4-9(21)5-20/h1-3,9,21H,4-6H2. The number of halogens is 6. The number of rotatable bonds is 3. The first kappa shape index (κ1) is 17.4. The number of amides is 1. The lowest BCUT2D eigenvalue weighted by atomic mass is 10.1.